The Morgan fingerprint density at radius 1 is 1.25 bits per heavy atom. The number of nitrogens with two attached hydrogens (primary N) is 1. The van der Waals surface area contributed by atoms with Crippen LogP contribution in [0.15, 0.2) is 29.0 Å². The third-order valence-corrected chi connectivity index (χ3v) is 3.96. The number of rotatable bonds is 3. The quantitative estimate of drug-likeness (QED) is 0.591. The highest BCUT2D eigenvalue weighted by Gasteiger charge is 2.10. The molecule has 20 heavy (non-hydrogen) atoms. The number of anilines is 2. The first-order chi connectivity index (χ1) is 9.51. The number of nitrogens with zero attached hydrogens (tertiary/aromatic N) is 2. The number of carbonyl (C=O) groups is 1. The van der Waals surface area contributed by atoms with Crippen molar-refractivity contribution in [3.05, 3.63) is 45.8 Å². The second-order valence-corrected chi connectivity index (χ2v) is 5.11. The number of hydrogen-bond donors (Lipinski definition) is 3. The summed E-state index contributed by atoms with van der Waals surface area (Å²) in [5.41, 5.74) is 5.34. The fraction of sp³-hybridized carbons (Fsp3) is 0.154. The van der Waals surface area contributed by atoms with Crippen molar-refractivity contribution in [1.82, 2.24) is 9.97 Å². The van der Waals surface area contributed by atoms with Gasteiger partial charge in [-0.3, -0.25) is 9.78 Å². The van der Waals surface area contributed by atoms with E-state index in [-0.39, 0.29) is 11.6 Å². The molecular weight excluding hydrogens is 322 g/mol. The number of benzene rings is 1. The van der Waals surface area contributed by atoms with Gasteiger partial charge in [0.2, 0.25) is 0 Å². The van der Waals surface area contributed by atoms with Crippen molar-refractivity contribution in [2.24, 2.45) is 5.84 Å². The number of hydrogen-bond acceptors (Lipinski definition) is 5. The van der Waals surface area contributed by atoms with Gasteiger partial charge in [0.1, 0.15) is 5.69 Å². The Kier molecular flexibility index (Phi) is 4.31. The predicted octanol–water partition coefficient (Wildman–Crippen LogP) is 2.39. The summed E-state index contributed by atoms with van der Waals surface area (Å²) in [6, 6.07) is 3.76. The van der Waals surface area contributed by atoms with Crippen LogP contribution >= 0.6 is 15.9 Å². The molecule has 0 aliphatic carbocycles. The molecular formula is C13H14BrN5O. The van der Waals surface area contributed by atoms with Gasteiger partial charge in [-0.05, 0) is 37.1 Å². The van der Waals surface area contributed by atoms with Crippen LogP contribution < -0.4 is 16.6 Å². The smallest absolute Gasteiger partial charge is 0.275 e. The lowest BCUT2D eigenvalue weighted by Gasteiger charge is -2.09. The van der Waals surface area contributed by atoms with E-state index in [1.54, 1.807) is 0 Å². The standard InChI is InChI=1S/C13H14BrN5O/c1-7-3-9(4-8(2)12(7)14)17-13(20)10-5-16-6-11(18-10)19-15/h3-6H,15H2,1-2H3,(H,17,20)(H,18,19). The van der Waals surface area contributed by atoms with Crippen LogP contribution in [0.1, 0.15) is 21.6 Å². The highest BCUT2D eigenvalue weighted by molar-refractivity contribution is 9.10. The summed E-state index contributed by atoms with van der Waals surface area (Å²) in [6.45, 7) is 3.93. The number of nitrogens with one attached hydrogen (secondary N) is 2. The van der Waals surface area contributed by atoms with Crippen molar-refractivity contribution in [2.45, 2.75) is 13.8 Å². The maximum absolute atomic E-state index is 12.1. The molecule has 0 aliphatic rings. The van der Waals surface area contributed by atoms with Crippen molar-refractivity contribution in [3.63, 3.8) is 0 Å². The third-order valence-electron chi connectivity index (χ3n) is 2.71. The number of carbonyl (C=O) groups excluding carboxylic acids is 1. The molecule has 104 valence electrons. The number of nitrogen functional groups attached to an aromatic ring is 1. The average Bonchev–Trinajstić information content (AvgIpc) is 2.44. The summed E-state index contributed by atoms with van der Waals surface area (Å²) in [7, 11) is 0. The molecule has 0 spiro atoms. The molecule has 0 radical (unpaired) electrons. The summed E-state index contributed by atoms with van der Waals surface area (Å²) >= 11 is 3.49. The van der Waals surface area contributed by atoms with Crippen LogP contribution in [0.5, 0.6) is 0 Å². The van der Waals surface area contributed by atoms with E-state index in [1.807, 2.05) is 26.0 Å². The van der Waals surface area contributed by atoms with Crippen molar-refractivity contribution in [2.75, 3.05) is 10.7 Å². The summed E-state index contributed by atoms with van der Waals surface area (Å²) < 4.78 is 1.03. The summed E-state index contributed by atoms with van der Waals surface area (Å²) in [5.74, 6) is 5.24. The minimum atomic E-state index is -0.337. The Labute approximate surface area is 124 Å². The van der Waals surface area contributed by atoms with Gasteiger partial charge in [0, 0.05) is 10.2 Å². The summed E-state index contributed by atoms with van der Waals surface area (Å²) in [5, 5.41) is 2.79. The van der Waals surface area contributed by atoms with Gasteiger partial charge < -0.3 is 10.7 Å². The molecule has 0 atom stereocenters. The van der Waals surface area contributed by atoms with Crippen LogP contribution in [-0.4, -0.2) is 15.9 Å². The molecule has 2 rings (SSSR count). The number of aryl methyl sites for hydroxylation is 2. The Hall–Kier alpha value is -1.99. The molecule has 0 unspecified atom stereocenters. The SMILES string of the molecule is Cc1cc(NC(=O)c2cncc(NN)n2)cc(C)c1Br. The lowest BCUT2D eigenvalue weighted by Crippen LogP contribution is -2.17. The Bertz CT molecular complexity index is 636. The zero-order valence-corrected chi connectivity index (χ0v) is 12.7. The van der Waals surface area contributed by atoms with Crippen LogP contribution in [0, 0.1) is 13.8 Å². The van der Waals surface area contributed by atoms with Crippen molar-refractivity contribution < 1.29 is 4.79 Å². The van der Waals surface area contributed by atoms with Crippen LogP contribution in [0.2, 0.25) is 0 Å². The minimum Gasteiger partial charge on any atom is -0.321 e. The Balaban J connectivity index is 2.23. The molecule has 0 fully saturated rings. The van der Waals surface area contributed by atoms with Crippen molar-refractivity contribution >= 4 is 33.3 Å². The average molecular weight is 336 g/mol. The van der Waals surface area contributed by atoms with E-state index in [9.17, 15) is 4.79 Å². The van der Waals surface area contributed by atoms with E-state index in [2.05, 4.69) is 36.6 Å². The van der Waals surface area contributed by atoms with Crippen LogP contribution in [0.25, 0.3) is 0 Å². The molecule has 1 aromatic heterocycles. The van der Waals surface area contributed by atoms with Gasteiger partial charge in [-0.2, -0.15) is 0 Å². The summed E-state index contributed by atoms with van der Waals surface area (Å²) in [6.07, 6.45) is 2.82. The van der Waals surface area contributed by atoms with Crippen LogP contribution in [0.4, 0.5) is 11.5 Å². The fourth-order valence-corrected chi connectivity index (χ4v) is 1.99. The highest BCUT2D eigenvalue weighted by Crippen LogP contribution is 2.25. The maximum Gasteiger partial charge on any atom is 0.275 e. The monoisotopic (exact) mass is 335 g/mol. The first kappa shape index (κ1) is 14.4. The molecule has 1 aromatic carbocycles. The molecule has 0 saturated carbocycles. The molecule has 0 bridgehead atoms. The number of halogens is 1. The molecule has 6 nitrogen and oxygen atoms in total. The van der Waals surface area contributed by atoms with Gasteiger partial charge in [0.15, 0.2) is 5.82 Å². The zero-order valence-electron chi connectivity index (χ0n) is 11.1. The molecule has 7 heteroatoms. The largest absolute Gasteiger partial charge is 0.321 e. The zero-order chi connectivity index (χ0) is 14.7. The second kappa shape index (κ2) is 5.98. The van der Waals surface area contributed by atoms with Crippen molar-refractivity contribution in [1.29, 1.82) is 0 Å². The Morgan fingerprint density at radius 2 is 1.90 bits per heavy atom. The first-order valence-corrected chi connectivity index (χ1v) is 6.67. The van der Waals surface area contributed by atoms with Gasteiger partial charge in [-0.15, -0.1) is 0 Å². The van der Waals surface area contributed by atoms with Gasteiger partial charge in [0.05, 0.1) is 12.4 Å². The van der Waals surface area contributed by atoms with Crippen LogP contribution in [-0.2, 0) is 0 Å². The topological polar surface area (TPSA) is 92.9 Å². The first-order valence-electron chi connectivity index (χ1n) is 5.88. The van der Waals surface area contributed by atoms with Gasteiger partial charge in [-0.1, -0.05) is 15.9 Å². The third kappa shape index (κ3) is 3.12. The molecule has 0 aliphatic heterocycles. The molecule has 2 aromatic rings. The Morgan fingerprint density at radius 3 is 2.50 bits per heavy atom. The molecule has 0 saturated heterocycles. The van der Waals surface area contributed by atoms with E-state index in [0.29, 0.717) is 11.5 Å². The molecule has 4 N–H and O–H groups in total. The van der Waals surface area contributed by atoms with E-state index in [4.69, 9.17) is 5.84 Å². The number of amides is 1. The van der Waals surface area contributed by atoms with E-state index >= 15 is 0 Å². The van der Waals surface area contributed by atoms with Gasteiger partial charge in [-0.25, -0.2) is 10.8 Å². The summed E-state index contributed by atoms with van der Waals surface area (Å²) in [4.78, 5) is 20.0. The van der Waals surface area contributed by atoms with E-state index < -0.39 is 0 Å². The van der Waals surface area contributed by atoms with E-state index in [1.165, 1.54) is 12.4 Å². The highest BCUT2D eigenvalue weighted by atomic mass is 79.9. The lowest BCUT2D eigenvalue weighted by molar-refractivity contribution is 0.102. The second-order valence-electron chi connectivity index (χ2n) is 4.31. The predicted molar refractivity (Wildman–Crippen MR) is 81.4 cm³/mol. The molecule has 1 heterocycles. The van der Waals surface area contributed by atoms with Gasteiger partial charge in [0.25, 0.3) is 5.91 Å². The lowest BCUT2D eigenvalue weighted by atomic mass is 10.1. The fourth-order valence-electron chi connectivity index (χ4n) is 1.76. The number of hydrazine groups is 1. The number of aromatic nitrogens is 2. The minimum absolute atomic E-state index is 0.193. The van der Waals surface area contributed by atoms with Crippen LogP contribution in [0.3, 0.4) is 0 Å². The maximum atomic E-state index is 12.1. The van der Waals surface area contributed by atoms with Crippen molar-refractivity contribution in [3.8, 4) is 0 Å². The van der Waals surface area contributed by atoms with E-state index in [0.717, 1.165) is 15.6 Å². The normalized spacial score (nSPS) is 10.2. The van der Waals surface area contributed by atoms with Gasteiger partial charge >= 0.3 is 0 Å². The molecule has 1 amide bonds.